The van der Waals surface area contributed by atoms with Gasteiger partial charge in [0, 0.05) is 27.7 Å². The zero-order valence-corrected chi connectivity index (χ0v) is 11.1. The van der Waals surface area contributed by atoms with Gasteiger partial charge in [-0.25, -0.2) is 4.39 Å². The van der Waals surface area contributed by atoms with E-state index in [9.17, 15) is 18.2 Å². The largest absolute Gasteiger partial charge is 0.481 e. The smallest absolute Gasteiger partial charge is 0.307 e. The third-order valence-electron chi connectivity index (χ3n) is 2.50. The molecule has 1 aromatic carbocycles. The summed E-state index contributed by atoms with van der Waals surface area (Å²) in [6.07, 6.45) is 0. The first-order valence-corrected chi connectivity index (χ1v) is 6.96. The molecule has 0 heterocycles. The van der Waals surface area contributed by atoms with Gasteiger partial charge in [-0.1, -0.05) is 6.92 Å². The highest BCUT2D eigenvalue weighted by Gasteiger charge is 2.16. The molecule has 0 spiro atoms. The van der Waals surface area contributed by atoms with E-state index < -0.39 is 34.4 Å². The van der Waals surface area contributed by atoms with Gasteiger partial charge in [0.15, 0.2) is 0 Å². The summed E-state index contributed by atoms with van der Waals surface area (Å²) in [6.45, 7) is 1.43. The van der Waals surface area contributed by atoms with E-state index in [2.05, 4.69) is 0 Å². The maximum absolute atomic E-state index is 13.5. The van der Waals surface area contributed by atoms with Crippen molar-refractivity contribution in [3.8, 4) is 0 Å². The molecule has 19 heavy (non-hydrogen) atoms. The first kappa shape index (κ1) is 15.3. The number of aliphatic carboxylic acids is 1. The lowest BCUT2D eigenvalue weighted by Gasteiger charge is -2.08. The number of carboxylic acids is 1. The van der Waals surface area contributed by atoms with Crippen LogP contribution in [0, 0.1) is 11.7 Å². The Labute approximate surface area is 112 Å². The van der Waals surface area contributed by atoms with Gasteiger partial charge < -0.3 is 10.8 Å². The maximum atomic E-state index is 13.5. The molecule has 0 saturated carbocycles. The van der Waals surface area contributed by atoms with Crippen LogP contribution in [-0.4, -0.2) is 26.9 Å². The van der Waals surface area contributed by atoms with Crippen LogP contribution >= 0.6 is 0 Å². The normalized spacial score (nSPS) is 13.8. The van der Waals surface area contributed by atoms with Crippen molar-refractivity contribution in [2.24, 2.45) is 11.7 Å². The highest BCUT2D eigenvalue weighted by molar-refractivity contribution is 7.84. The molecular formula is C12H14FNO4S. The van der Waals surface area contributed by atoms with Crippen LogP contribution in [0.15, 0.2) is 18.2 Å². The fourth-order valence-corrected chi connectivity index (χ4v) is 2.81. The fraction of sp³-hybridized carbons (Fsp3) is 0.333. The van der Waals surface area contributed by atoms with E-state index in [1.54, 1.807) is 0 Å². The Morgan fingerprint density at radius 1 is 1.47 bits per heavy atom. The molecule has 1 amide bonds. The van der Waals surface area contributed by atoms with E-state index in [0.717, 1.165) is 6.07 Å². The Morgan fingerprint density at radius 2 is 2.11 bits per heavy atom. The first-order valence-electron chi connectivity index (χ1n) is 5.47. The summed E-state index contributed by atoms with van der Waals surface area (Å²) in [5, 5.41) is 8.70. The van der Waals surface area contributed by atoms with Crippen molar-refractivity contribution in [2.45, 2.75) is 12.7 Å². The Bertz CT molecular complexity index is 532. The minimum absolute atomic E-state index is 0.0738. The van der Waals surface area contributed by atoms with Gasteiger partial charge in [-0.3, -0.25) is 13.8 Å². The van der Waals surface area contributed by atoms with Gasteiger partial charge >= 0.3 is 5.97 Å². The van der Waals surface area contributed by atoms with Crippen LogP contribution in [0.1, 0.15) is 22.8 Å². The van der Waals surface area contributed by atoms with Crippen LogP contribution in [0.5, 0.6) is 0 Å². The minimum atomic E-state index is -1.53. The molecule has 0 aliphatic rings. The quantitative estimate of drug-likeness (QED) is 0.812. The van der Waals surface area contributed by atoms with Crippen LogP contribution in [0.4, 0.5) is 4.39 Å². The van der Waals surface area contributed by atoms with Gasteiger partial charge in [0.25, 0.3) is 0 Å². The molecule has 0 aromatic heterocycles. The number of benzene rings is 1. The lowest BCUT2D eigenvalue weighted by atomic mass is 10.1. The Kier molecular flexibility index (Phi) is 5.17. The Hall–Kier alpha value is -1.76. The number of halogens is 1. The summed E-state index contributed by atoms with van der Waals surface area (Å²) in [5.41, 5.74) is 5.28. The zero-order valence-electron chi connectivity index (χ0n) is 10.3. The number of hydrogen-bond donors (Lipinski definition) is 2. The van der Waals surface area contributed by atoms with E-state index >= 15 is 0 Å². The topological polar surface area (TPSA) is 97.5 Å². The molecule has 1 aromatic rings. The first-order chi connectivity index (χ1) is 8.81. The van der Waals surface area contributed by atoms with Crippen LogP contribution in [0.3, 0.4) is 0 Å². The average Bonchev–Trinajstić information content (AvgIpc) is 2.31. The summed E-state index contributed by atoms with van der Waals surface area (Å²) in [5.74, 6) is -3.35. The molecule has 1 rings (SSSR count). The van der Waals surface area contributed by atoms with Gasteiger partial charge in [0.1, 0.15) is 5.82 Å². The average molecular weight is 287 g/mol. The third kappa shape index (κ3) is 4.44. The highest BCUT2D eigenvalue weighted by atomic mass is 32.2. The van der Waals surface area contributed by atoms with Crippen molar-refractivity contribution < 1.29 is 23.3 Å². The van der Waals surface area contributed by atoms with Crippen molar-refractivity contribution in [1.29, 1.82) is 0 Å². The summed E-state index contributed by atoms with van der Waals surface area (Å²) in [4.78, 5) is 21.6. The molecule has 0 radical (unpaired) electrons. The lowest BCUT2D eigenvalue weighted by molar-refractivity contribution is -0.140. The van der Waals surface area contributed by atoms with Gasteiger partial charge in [0.2, 0.25) is 5.91 Å². The summed E-state index contributed by atoms with van der Waals surface area (Å²) < 4.78 is 25.2. The molecule has 104 valence electrons. The van der Waals surface area contributed by atoms with E-state index in [4.69, 9.17) is 10.8 Å². The van der Waals surface area contributed by atoms with Crippen LogP contribution in [0.2, 0.25) is 0 Å². The summed E-state index contributed by atoms with van der Waals surface area (Å²) in [7, 11) is -1.53. The summed E-state index contributed by atoms with van der Waals surface area (Å²) >= 11 is 0. The molecule has 0 fully saturated rings. The van der Waals surface area contributed by atoms with Gasteiger partial charge in [0.05, 0.1) is 11.7 Å². The van der Waals surface area contributed by atoms with E-state index in [1.807, 2.05) is 0 Å². The highest BCUT2D eigenvalue weighted by Crippen LogP contribution is 2.14. The molecule has 5 nitrogen and oxygen atoms in total. The molecule has 7 heteroatoms. The molecule has 3 N–H and O–H groups in total. The van der Waals surface area contributed by atoms with Crippen LogP contribution < -0.4 is 5.73 Å². The Balaban J connectivity index is 2.81. The van der Waals surface area contributed by atoms with E-state index in [-0.39, 0.29) is 22.6 Å². The van der Waals surface area contributed by atoms with Crippen LogP contribution in [0.25, 0.3) is 0 Å². The second-order valence-corrected chi connectivity index (χ2v) is 5.66. The molecule has 2 atom stereocenters. The third-order valence-corrected chi connectivity index (χ3v) is 4.01. The number of amides is 1. The molecule has 0 saturated heterocycles. The van der Waals surface area contributed by atoms with E-state index in [0.29, 0.717) is 0 Å². The molecule has 0 aliphatic heterocycles. The number of carboxylic acid groups (broad SMARTS) is 1. The van der Waals surface area contributed by atoms with Crippen LogP contribution in [-0.2, 0) is 21.3 Å². The standard InChI is InChI=1S/C12H14FNO4S/c1-7(12(16)17)5-19(18)6-9-4-8(11(14)15)2-3-10(9)13/h2-4,7H,5-6H2,1H3,(H2,14,15)(H,16,17). The number of carbonyl (C=O) groups excluding carboxylic acids is 1. The lowest BCUT2D eigenvalue weighted by Crippen LogP contribution is -2.18. The van der Waals surface area contributed by atoms with Gasteiger partial charge in [-0.2, -0.15) is 0 Å². The second-order valence-electron chi connectivity index (χ2n) is 4.16. The number of nitrogens with two attached hydrogens (primary N) is 1. The van der Waals surface area contributed by atoms with Crippen molar-refractivity contribution in [1.82, 2.24) is 0 Å². The minimum Gasteiger partial charge on any atom is -0.481 e. The molecule has 0 bridgehead atoms. The monoisotopic (exact) mass is 287 g/mol. The maximum Gasteiger partial charge on any atom is 0.307 e. The predicted molar refractivity (Wildman–Crippen MR) is 68.4 cm³/mol. The predicted octanol–water partition coefficient (Wildman–Crippen LogP) is 0.894. The Morgan fingerprint density at radius 3 is 2.63 bits per heavy atom. The zero-order chi connectivity index (χ0) is 14.6. The van der Waals surface area contributed by atoms with Crippen molar-refractivity contribution >= 4 is 22.7 Å². The second kappa shape index (κ2) is 6.42. The fourth-order valence-electron chi connectivity index (χ4n) is 1.42. The SMILES string of the molecule is CC(CS(=O)Cc1cc(C(N)=O)ccc1F)C(=O)O. The van der Waals surface area contributed by atoms with Crippen molar-refractivity contribution in [2.75, 3.05) is 5.75 Å². The number of hydrogen-bond acceptors (Lipinski definition) is 3. The number of carbonyl (C=O) groups is 2. The van der Waals surface area contributed by atoms with Crippen molar-refractivity contribution in [3.05, 3.63) is 35.1 Å². The van der Waals surface area contributed by atoms with Gasteiger partial charge in [-0.05, 0) is 18.2 Å². The van der Waals surface area contributed by atoms with Crippen molar-refractivity contribution in [3.63, 3.8) is 0 Å². The van der Waals surface area contributed by atoms with E-state index in [1.165, 1.54) is 19.1 Å². The number of primary amides is 1. The molecule has 0 aliphatic carbocycles. The molecular weight excluding hydrogens is 273 g/mol. The van der Waals surface area contributed by atoms with Gasteiger partial charge in [-0.15, -0.1) is 0 Å². The number of rotatable bonds is 6. The summed E-state index contributed by atoms with van der Waals surface area (Å²) in [6, 6.07) is 3.55. The molecule has 2 unspecified atom stereocenters.